The Morgan fingerprint density at radius 3 is 2.73 bits per heavy atom. The standard InChI is InChI=1S/C12H14O3/c1-4-5-10-8(2)6-9(7-11(10)13)12(14)15-3/h4,6-7,13H,1,5H2,2-3H3. The van der Waals surface area contributed by atoms with Gasteiger partial charge < -0.3 is 9.84 Å². The van der Waals surface area contributed by atoms with Crippen LogP contribution in [0.4, 0.5) is 0 Å². The number of benzene rings is 1. The maximum atomic E-state index is 11.2. The summed E-state index contributed by atoms with van der Waals surface area (Å²) in [6.07, 6.45) is 2.29. The van der Waals surface area contributed by atoms with Crippen molar-refractivity contribution in [1.82, 2.24) is 0 Å². The lowest BCUT2D eigenvalue weighted by molar-refractivity contribution is 0.0600. The van der Waals surface area contributed by atoms with Gasteiger partial charge in [0.15, 0.2) is 0 Å². The van der Waals surface area contributed by atoms with Gasteiger partial charge >= 0.3 is 5.97 Å². The van der Waals surface area contributed by atoms with Crippen LogP contribution in [0.2, 0.25) is 0 Å². The molecule has 0 radical (unpaired) electrons. The number of hydrogen-bond donors (Lipinski definition) is 1. The van der Waals surface area contributed by atoms with Gasteiger partial charge in [0, 0.05) is 5.56 Å². The van der Waals surface area contributed by atoms with Crippen molar-refractivity contribution in [2.45, 2.75) is 13.3 Å². The molecule has 80 valence electrons. The molecule has 0 aromatic heterocycles. The maximum absolute atomic E-state index is 11.2. The second-order valence-electron chi connectivity index (χ2n) is 3.28. The maximum Gasteiger partial charge on any atom is 0.337 e. The average Bonchev–Trinajstić information content (AvgIpc) is 2.22. The first-order valence-corrected chi connectivity index (χ1v) is 4.61. The van der Waals surface area contributed by atoms with E-state index in [9.17, 15) is 9.90 Å². The van der Waals surface area contributed by atoms with E-state index in [1.165, 1.54) is 13.2 Å². The van der Waals surface area contributed by atoms with E-state index in [4.69, 9.17) is 0 Å². The van der Waals surface area contributed by atoms with E-state index < -0.39 is 5.97 Å². The molecule has 0 atom stereocenters. The highest BCUT2D eigenvalue weighted by Gasteiger charge is 2.11. The largest absolute Gasteiger partial charge is 0.508 e. The number of hydrogen-bond acceptors (Lipinski definition) is 3. The summed E-state index contributed by atoms with van der Waals surface area (Å²) in [6, 6.07) is 3.11. The van der Waals surface area contributed by atoms with Crippen LogP contribution in [0.5, 0.6) is 5.75 Å². The van der Waals surface area contributed by atoms with Crippen LogP contribution in [0, 0.1) is 6.92 Å². The molecule has 0 amide bonds. The molecule has 0 heterocycles. The van der Waals surface area contributed by atoms with Gasteiger partial charge in [-0.15, -0.1) is 6.58 Å². The molecular weight excluding hydrogens is 192 g/mol. The predicted molar refractivity (Wildman–Crippen MR) is 58.1 cm³/mol. The minimum Gasteiger partial charge on any atom is -0.508 e. The van der Waals surface area contributed by atoms with Gasteiger partial charge in [-0.05, 0) is 31.0 Å². The third-order valence-electron chi connectivity index (χ3n) is 2.22. The Morgan fingerprint density at radius 2 is 2.27 bits per heavy atom. The highest BCUT2D eigenvalue weighted by molar-refractivity contribution is 5.90. The summed E-state index contributed by atoms with van der Waals surface area (Å²) in [5.41, 5.74) is 2.01. The van der Waals surface area contributed by atoms with Crippen molar-refractivity contribution in [1.29, 1.82) is 0 Å². The van der Waals surface area contributed by atoms with Crippen molar-refractivity contribution in [3.63, 3.8) is 0 Å². The SMILES string of the molecule is C=CCc1c(C)cc(C(=O)OC)cc1O. The molecule has 0 saturated carbocycles. The van der Waals surface area contributed by atoms with E-state index in [1.54, 1.807) is 12.1 Å². The Hall–Kier alpha value is -1.77. The van der Waals surface area contributed by atoms with Crippen molar-refractivity contribution in [3.05, 3.63) is 41.5 Å². The molecule has 1 aromatic carbocycles. The Bertz CT molecular complexity index is 371. The van der Waals surface area contributed by atoms with E-state index in [0.29, 0.717) is 12.0 Å². The highest BCUT2D eigenvalue weighted by Crippen LogP contribution is 2.24. The fraction of sp³-hybridized carbons (Fsp3) is 0.250. The Labute approximate surface area is 89.0 Å². The third-order valence-corrected chi connectivity index (χ3v) is 2.22. The minimum absolute atomic E-state index is 0.107. The Kier molecular flexibility index (Phi) is 3.50. The summed E-state index contributed by atoms with van der Waals surface area (Å²) in [6.45, 7) is 5.45. The lowest BCUT2D eigenvalue weighted by atomic mass is 10.0. The molecule has 0 aliphatic heterocycles. The number of methoxy groups -OCH3 is 1. The average molecular weight is 206 g/mol. The smallest absolute Gasteiger partial charge is 0.337 e. The molecule has 0 saturated heterocycles. The molecule has 0 spiro atoms. The van der Waals surface area contributed by atoms with Gasteiger partial charge in [0.25, 0.3) is 0 Å². The molecule has 1 aromatic rings. The first-order valence-electron chi connectivity index (χ1n) is 4.61. The summed E-state index contributed by atoms with van der Waals surface area (Å²) >= 11 is 0. The lowest BCUT2D eigenvalue weighted by Gasteiger charge is -2.08. The van der Waals surface area contributed by atoms with Crippen LogP contribution in [0.25, 0.3) is 0 Å². The van der Waals surface area contributed by atoms with Crippen LogP contribution >= 0.6 is 0 Å². The number of esters is 1. The molecule has 3 nitrogen and oxygen atoms in total. The van der Waals surface area contributed by atoms with Crippen LogP contribution in [-0.4, -0.2) is 18.2 Å². The molecule has 3 heteroatoms. The molecule has 1 N–H and O–H groups in total. The molecule has 15 heavy (non-hydrogen) atoms. The van der Waals surface area contributed by atoms with E-state index in [0.717, 1.165) is 11.1 Å². The van der Waals surface area contributed by atoms with Gasteiger partial charge in [0.05, 0.1) is 12.7 Å². The van der Waals surface area contributed by atoms with E-state index in [1.807, 2.05) is 6.92 Å². The topological polar surface area (TPSA) is 46.5 Å². The second-order valence-corrected chi connectivity index (χ2v) is 3.28. The number of aryl methyl sites for hydroxylation is 1. The van der Waals surface area contributed by atoms with Gasteiger partial charge in [-0.2, -0.15) is 0 Å². The number of phenolic OH excluding ortho intramolecular Hbond substituents is 1. The summed E-state index contributed by atoms with van der Waals surface area (Å²) < 4.78 is 4.58. The first kappa shape index (κ1) is 11.3. The molecule has 1 rings (SSSR count). The zero-order valence-corrected chi connectivity index (χ0v) is 8.91. The number of ether oxygens (including phenoxy) is 1. The summed E-state index contributed by atoms with van der Waals surface area (Å²) in [5.74, 6) is -0.339. The number of rotatable bonds is 3. The predicted octanol–water partition coefficient (Wildman–Crippen LogP) is 2.22. The Morgan fingerprint density at radius 1 is 1.60 bits per heavy atom. The third kappa shape index (κ3) is 2.37. The first-order chi connectivity index (χ1) is 7.10. The minimum atomic E-state index is -0.446. The molecular formula is C12H14O3. The van der Waals surface area contributed by atoms with Crippen LogP contribution in [-0.2, 0) is 11.2 Å². The van der Waals surface area contributed by atoms with E-state index >= 15 is 0 Å². The van der Waals surface area contributed by atoms with Crippen molar-refractivity contribution >= 4 is 5.97 Å². The molecule has 0 aliphatic carbocycles. The van der Waals surface area contributed by atoms with Crippen molar-refractivity contribution in [3.8, 4) is 5.75 Å². The monoisotopic (exact) mass is 206 g/mol. The number of aromatic hydroxyl groups is 1. The van der Waals surface area contributed by atoms with Crippen molar-refractivity contribution in [2.24, 2.45) is 0 Å². The quantitative estimate of drug-likeness (QED) is 0.609. The number of allylic oxidation sites excluding steroid dienone is 1. The highest BCUT2D eigenvalue weighted by atomic mass is 16.5. The summed E-state index contributed by atoms with van der Waals surface area (Å²) in [5, 5.41) is 9.69. The normalized spacial score (nSPS) is 9.73. The lowest BCUT2D eigenvalue weighted by Crippen LogP contribution is -2.02. The summed E-state index contributed by atoms with van der Waals surface area (Å²) in [7, 11) is 1.31. The zero-order valence-electron chi connectivity index (χ0n) is 8.91. The molecule has 0 unspecified atom stereocenters. The Balaban J connectivity index is 3.18. The number of carbonyl (C=O) groups is 1. The van der Waals surface area contributed by atoms with Crippen LogP contribution < -0.4 is 0 Å². The van der Waals surface area contributed by atoms with Crippen molar-refractivity contribution < 1.29 is 14.6 Å². The number of phenols is 1. The molecule has 0 bridgehead atoms. The van der Waals surface area contributed by atoms with Crippen molar-refractivity contribution in [2.75, 3.05) is 7.11 Å². The van der Waals surface area contributed by atoms with Crippen LogP contribution in [0.15, 0.2) is 24.8 Å². The van der Waals surface area contributed by atoms with E-state index in [2.05, 4.69) is 11.3 Å². The van der Waals surface area contributed by atoms with Gasteiger partial charge in [-0.1, -0.05) is 6.08 Å². The second kappa shape index (κ2) is 4.64. The van der Waals surface area contributed by atoms with E-state index in [-0.39, 0.29) is 5.75 Å². The fourth-order valence-corrected chi connectivity index (χ4v) is 1.44. The fourth-order valence-electron chi connectivity index (χ4n) is 1.44. The van der Waals surface area contributed by atoms with Gasteiger partial charge in [0.2, 0.25) is 0 Å². The van der Waals surface area contributed by atoms with Crippen LogP contribution in [0.1, 0.15) is 21.5 Å². The van der Waals surface area contributed by atoms with Gasteiger partial charge in [-0.25, -0.2) is 4.79 Å². The van der Waals surface area contributed by atoms with Gasteiger partial charge in [-0.3, -0.25) is 0 Å². The van der Waals surface area contributed by atoms with Gasteiger partial charge in [0.1, 0.15) is 5.75 Å². The zero-order chi connectivity index (χ0) is 11.4. The molecule has 0 aliphatic rings. The summed E-state index contributed by atoms with van der Waals surface area (Å²) in [4.78, 5) is 11.2. The number of carbonyl (C=O) groups excluding carboxylic acids is 1. The van der Waals surface area contributed by atoms with Crippen LogP contribution in [0.3, 0.4) is 0 Å². The molecule has 0 fully saturated rings.